The van der Waals surface area contributed by atoms with Gasteiger partial charge in [-0.1, -0.05) is 19.9 Å². The van der Waals surface area contributed by atoms with Gasteiger partial charge < -0.3 is 15.1 Å². The molecular formula is C17H29N3OS. The molecule has 0 saturated carbocycles. The molecule has 0 aliphatic carbocycles. The lowest BCUT2D eigenvalue weighted by molar-refractivity contribution is 0.199. The minimum absolute atomic E-state index is 0.0975. The van der Waals surface area contributed by atoms with Crippen LogP contribution in [0.5, 0.6) is 0 Å². The number of nitrogens with zero attached hydrogens (tertiary/aromatic N) is 2. The largest absolute Gasteiger partial charge is 0.330 e. The van der Waals surface area contributed by atoms with Crippen LogP contribution in [0.3, 0.4) is 0 Å². The molecular weight excluding hydrogens is 294 g/mol. The smallest absolute Gasteiger partial charge is 0.317 e. The van der Waals surface area contributed by atoms with Crippen LogP contribution in [0.15, 0.2) is 17.5 Å². The topological polar surface area (TPSA) is 35.6 Å². The van der Waals surface area contributed by atoms with Gasteiger partial charge in [0.25, 0.3) is 0 Å². The molecule has 2 rings (SSSR count). The van der Waals surface area contributed by atoms with Gasteiger partial charge in [0.15, 0.2) is 0 Å². The number of thiophene rings is 1. The van der Waals surface area contributed by atoms with Crippen molar-refractivity contribution in [3.05, 3.63) is 22.4 Å². The van der Waals surface area contributed by atoms with Gasteiger partial charge in [-0.3, -0.25) is 0 Å². The average Bonchev–Trinajstić information content (AvgIpc) is 3.07. The number of urea groups is 1. The highest BCUT2D eigenvalue weighted by atomic mass is 32.1. The Hall–Kier alpha value is -1.07. The number of amides is 2. The Morgan fingerprint density at radius 1 is 1.50 bits per heavy atom. The van der Waals surface area contributed by atoms with Crippen molar-refractivity contribution in [2.45, 2.75) is 32.7 Å². The fourth-order valence-electron chi connectivity index (χ4n) is 3.13. The normalized spacial score (nSPS) is 19.9. The number of likely N-dealkylation sites (tertiary alicyclic amines) is 1. The van der Waals surface area contributed by atoms with E-state index in [0.717, 1.165) is 32.5 Å². The van der Waals surface area contributed by atoms with Crippen LogP contribution in [0.25, 0.3) is 0 Å². The second-order valence-electron chi connectivity index (χ2n) is 7.01. The third kappa shape index (κ3) is 4.99. The van der Waals surface area contributed by atoms with E-state index in [9.17, 15) is 4.79 Å². The lowest BCUT2D eigenvalue weighted by Gasteiger charge is -2.24. The Labute approximate surface area is 138 Å². The molecule has 2 amide bonds. The quantitative estimate of drug-likeness (QED) is 0.870. The molecule has 124 valence electrons. The molecule has 0 spiro atoms. The number of rotatable bonds is 6. The predicted molar refractivity (Wildman–Crippen MR) is 93.3 cm³/mol. The molecule has 1 aromatic heterocycles. The van der Waals surface area contributed by atoms with Crippen molar-refractivity contribution in [2.24, 2.45) is 11.8 Å². The molecule has 22 heavy (non-hydrogen) atoms. The Balaban J connectivity index is 1.91. The Bertz CT molecular complexity index is 458. The monoisotopic (exact) mass is 323 g/mol. The Morgan fingerprint density at radius 3 is 2.86 bits per heavy atom. The standard InChI is InChI=1S/C17H29N3OS/c1-13(2)10-15(16-6-5-9-22-16)18-17(21)20-8-7-14(12-20)11-19(3)4/h5-6,9,13-15H,7-8,10-12H2,1-4H3,(H,18,21)/t14-,15+/m1/s1. The maximum absolute atomic E-state index is 12.6. The van der Waals surface area contributed by atoms with Crippen LogP contribution in [-0.2, 0) is 0 Å². The van der Waals surface area contributed by atoms with Gasteiger partial charge in [-0.2, -0.15) is 0 Å². The number of hydrogen-bond acceptors (Lipinski definition) is 3. The first-order valence-electron chi connectivity index (χ1n) is 8.19. The second-order valence-corrected chi connectivity index (χ2v) is 7.99. The van der Waals surface area contributed by atoms with Crippen LogP contribution in [0.1, 0.15) is 37.6 Å². The molecule has 0 aromatic carbocycles. The van der Waals surface area contributed by atoms with Gasteiger partial charge in [-0.25, -0.2) is 4.79 Å². The highest BCUT2D eigenvalue weighted by Crippen LogP contribution is 2.26. The zero-order valence-corrected chi connectivity index (χ0v) is 15.0. The fraction of sp³-hybridized carbons (Fsp3) is 0.706. The molecule has 1 aliphatic rings. The van der Waals surface area contributed by atoms with E-state index >= 15 is 0 Å². The van der Waals surface area contributed by atoms with Crippen molar-refractivity contribution < 1.29 is 4.79 Å². The van der Waals surface area contributed by atoms with E-state index < -0.39 is 0 Å². The van der Waals surface area contributed by atoms with Crippen LogP contribution in [-0.4, -0.2) is 49.6 Å². The third-order valence-electron chi connectivity index (χ3n) is 4.09. The molecule has 1 aromatic rings. The average molecular weight is 324 g/mol. The van der Waals surface area contributed by atoms with Gasteiger partial charge in [0.05, 0.1) is 6.04 Å². The highest BCUT2D eigenvalue weighted by Gasteiger charge is 2.28. The van der Waals surface area contributed by atoms with Crippen molar-refractivity contribution in [3.8, 4) is 0 Å². The third-order valence-corrected chi connectivity index (χ3v) is 5.07. The predicted octanol–water partition coefficient (Wildman–Crippen LogP) is 3.43. The summed E-state index contributed by atoms with van der Waals surface area (Å²) in [4.78, 5) is 18.0. The molecule has 5 heteroatoms. The summed E-state index contributed by atoms with van der Waals surface area (Å²) >= 11 is 1.73. The van der Waals surface area contributed by atoms with Gasteiger partial charge in [0, 0.05) is 24.5 Å². The molecule has 2 heterocycles. The van der Waals surface area contributed by atoms with E-state index in [4.69, 9.17) is 0 Å². The van der Waals surface area contributed by atoms with Gasteiger partial charge >= 0.3 is 6.03 Å². The second kappa shape index (κ2) is 7.97. The first-order valence-corrected chi connectivity index (χ1v) is 9.07. The maximum atomic E-state index is 12.6. The SMILES string of the molecule is CC(C)C[C@H](NC(=O)N1CC[C@H](CN(C)C)C1)c1cccs1. The first-order chi connectivity index (χ1) is 10.5. The van der Waals surface area contributed by atoms with Gasteiger partial charge in [-0.05, 0) is 50.2 Å². The maximum Gasteiger partial charge on any atom is 0.317 e. The van der Waals surface area contributed by atoms with Crippen LogP contribution in [0, 0.1) is 11.8 Å². The van der Waals surface area contributed by atoms with Crippen molar-refractivity contribution in [1.29, 1.82) is 0 Å². The molecule has 2 atom stereocenters. The number of hydrogen-bond donors (Lipinski definition) is 1. The summed E-state index contributed by atoms with van der Waals surface area (Å²) in [5, 5.41) is 5.33. The summed E-state index contributed by atoms with van der Waals surface area (Å²) in [7, 11) is 4.19. The molecule has 1 aliphatic heterocycles. The molecule has 1 fully saturated rings. The van der Waals surface area contributed by atoms with Crippen molar-refractivity contribution >= 4 is 17.4 Å². The van der Waals surface area contributed by atoms with Crippen LogP contribution >= 0.6 is 11.3 Å². The molecule has 4 nitrogen and oxygen atoms in total. The van der Waals surface area contributed by atoms with Gasteiger partial charge in [0.1, 0.15) is 0 Å². The van der Waals surface area contributed by atoms with Crippen molar-refractivity contribution in [2.75, 3.05) is 33.7 Å². The summed E-state index contributed by atoms with van der Waals surface area (Å²) in [6.45, 7) is 7.22. The number of nitrogens with one attached hydrogen (secondary N) is 1. The highest BCUT2D eigenvalue weighted by molar-refractivity contribution is 7.10. The zero-order valence-electron chi connectivity index (χ0n) is 14.2. The summed E-state index contributed by atoms with van der Waals surface area (Å²) in [5.41, 5.74) is 0. The molecule has 0 radical (unpaired) electrons. The van der Waals surface area contributed by atoms with Crippen LogP contribution in [0.4, 0.5) is 4.79 Å². The van der Waals surface area contributed by atoms with Crippen molar-refractivity contribution in [1.82, 2.24) is 15.1 Å². The van der Waals surface area contributed by atoms with Gasteiger partial charge in [-0.15, -0.1) is 11.3 Å². The number of carbonyl (C=O) groups excluding carboxylic acids is 1. The fourth-order valence-corrected chi connectivity index (χ4v) is 3.92. The first kappa shape index (κ1) is 17.3. The van der Waals surface area contributed by atoms with E-state index in [1.807, 2.05) is 4.90 Å². The number of carbonyl (C=O) groups is 1. The zero-order chi connectivity index (χ0) is 16.1. The minimum Gasteiger partial charge on any atom is -0.330 e. The molecule has 1 saturated heterocycles. The van der Waals surface area contributed by atoms with E-state index in [-0.39, 0.29) is 12.1 Å². The molecule has 0 bridgehead atoms. The summed E-state index contributed by atoms with van der Waals surface area (Å²) in [6.07, 6.45) is 2.10. The van der Waals surface area contributed by atoms with E-state index in [2.05, 4.69) is 55.7 Å². The van der Waals surface area contributed by atoms with Crippen molar-refractivity contribution in [3.63, 3.8) is 0 Å². The summed E-state index contributed by atoms with van der Waals surface area (Å²) in [5.74, 6) is 1.17. The lowest BCUT2D eigenvalue weighted by Crippen LogP contribution is -2.41. The van der Waals surface area contributed by atoms with Crippen LogP contribution < -0.4 is 5.32 Å². The Kier molecular flexibility index (Phi) is 6.26. The molecule has 1 N–H and O–H groups in total. The molecule has 0 unspecified atom stereocenters. The van der Waals surface area contributed by atoms with E-state index in [0.29, 0.717) is 11.8 Å². The van der Waals surface area contributed by atoms with E-state index in [1.165, 1.54) is 4.88 Å². The van der Waals surface area contributed by atoms with Crippen LogP contribution in [0.2, 0.25) is 0 Å². The summed E-state index contributed by atoms with van der Waals surface area (Å²) < 4.78 is 0. The van der Waals surface area contributed by atoms with E-state index in [1.54, 1.807) is 11.3 Å². The minimum atomic E-state index is 0.0975. The Morgan fingerprint density at radius 2 is 2.27 bits per heavy atom. The summed E-state index contributed by atoms with van der Waals surface area (Å²) in [6, 6.07) is 4.42. The lowest BCUT2D eigenvalue weighted by atomic mass is 10.0. The van der Waals surface area contributed by atoms with Gasteiger partial charge in [0.2, 0.25) is 0 Å².